The molecule has 0 bridgehead atoms. The highest BCUT2D eigenvalue weighted by Gasteiger charge is 2.58. The highest BCUT2D eigenvalue weighted by Crippen LogP contribution is 2.61. The van der Waals surface area contributed by atoms with Crippen molar-refractivity contribution in [1.29, 1.82) is 0 Å². The van der Waals surface area contributed by atoms with Gasteiger partial charge in [0.25, 0.3) is 0 Å². The summed E-state index contributed by atoms with van der Waals surface area (Å²) in [6.45, 7) is 3.88. The van der Waals surface area contributed by atoms with E-state index in [-0.39, 0.29) is 42.4 Å². The van der Waals surface area contributed by atoms with E-state index in [2.05, 4.69) is 16.7 Å². The summed E-state index contributed by atoms with van der Waals surface area (Å²) in [6.07, 6.45) is 20.3. The Morgan fingerprint density at radius 3 is 2.63 bits per heavy atom. The van der Waals surface area contributed by atoms with Crippen LogP contribution in [0.3, 0.4) is 0 Å². The molecule has 1 spiro atoms. The van der Waals surface area contributed by atoms with Gasteiger partial charge in [0.1, 0.15) is 12.2 Å². The number of rotatable bonds is 21. The third kappa shape index (κ3) is 9.79. The fourth-order valence-electron chi connectivity index (χ4n) is 10.5. The van der Waals surface area contributed by atoms with Gasteiger partial charge in [-0.15, -0.1) is 4.99 Å². The van der Waals surface area contributed by atoms with Crippen LogP contribution < -0.4 is 21.1 Å². The van der Waals surface area contributed by atoms with E-state index in [9.17, 15) is 20.4 Å². The zero-order valence-electron chi connectivity index (χ0n) is 32.9. The van der Waals surface area contributed by atoms with Crippen molar-refractivity contribution in [3.05, 3.63) is 59.2 Å². The predicted octanol–water partition coefficient (Wildman–Crippen LogP) is 5.68. The van der Waals surface area contributed by atoms with E-state index in [1.807, 2.05) is 32.2 Å². The van der Waals surface area contributed by atoms with Crippen LogP contribution in [0.25, 0.3) is 0 Å². The first-order valence-electron chi connectivity index (χ1n) is 21.1. The molecule has 0 aromatic heterocycles. The van der Waals surface area contributed by atoms with Crippen molar-refractivity contribution in [2.24, 2.45) is 33.9 Å². The number of likely N-dealkylation sites (N-methyl/N-ethyl adjacent to an activating group) is 1. The van der Waals surface area contributed by atoms with Gasteiger partial charge in [0, 0.05) is 31.8 Å². The van der Waals surface area contributed by atoms with Crippen molar-refractivity contribution in [2.45, 2.75) is 134 Å². The van der Waals surface area contributed by atoms with Crippen molar-refractivity contribution in [1.82, 2.24) is 10.6 Å². The summed E-state index contributed by atoms with van der Waals surface area (Å²) in [6, 6.07) is 6.15. The molecule has 7 unspecified atom stereocenters. The average molecular weight is 749 g/mol. The molecule has 300 valence electrons. The molecule has 10 nitrogen and oxygen atoms in total. The van der Waals surface area contributed by atoms with Gasteiger partial charge in [-0.1, -0.05) is 63.2 Å². The van der Waals surface area contributed by atoms with Crippen LogP contribution in [-0.2, 0) is 11.2 Å². The number of nitrogens with two attached hydrogens (primary N) is 1. The molecule has 1 aromatic rings. The lowest BCUT2D eigenvalue weighted by Crippen LogP contribution is -2.49. The molecule has 6 rings (SSSR count). The van der Waals surface area contributed by atoms with Crippen LogP contribution in [0.5, 0.6) is 11.5 Å². The molecule has 8 N–H and O–H groups in total. The summed E-state index contributed by atoms with van der Waals surface area (Å²) in [5.41, 5.74) is 9.26. The second kappa shape index (κ2) is 19.4. The number of aliphatic hydroxyl groups is 3. The summed E-state index contributed by atoms with van der Waals surface area (Å²) >= 11 is 0. The van der Waals surface area contributed by atoms with Crippen LogP contribution in [0.2, 0.25) is 0 Å². The summed E-state index contributed by atoms with van der Waals surface area (Å²) in [5, 5.41) is 49.6. The molecular weight excluding hydrogens is 681 g/mol. The van der Waals surface area contributed by atoms with E-state index >= 15 is 0 Å². The summed E-state index contributed by atoms with van der Waals surface area (Å²) in [5.74, 6) is 3.63. The van der Waals surface area contributed by atoms with E-state index in [4.69, 9.17) is 20.2 Å². The van der Waals surface area contributed by atoms with Crippen LogP contribution in [0.1, 0.15) is 109 Å². The minimum absolute atomic E-state index is 0.00112. The summed E-state index contributed by atoms with van der Waals surface area (Å²) < 4.78 is 12.4. The topological polar surface area (TPSA) is 162 Å². The maximum Gasteiger partial charge on any atom is 0.190 e. The molecule has 54 heavy (non-hydrogen) atoms. The van der Waals surface area contributed by atoms with Crippen LogP contribution >= 0.6 is 0 Å². The maximum atomic E-state index is 11.6. The van der Waals surface area contributed by atoms with Crippen molar-refractivity contribution < 1.29 is 29.9 Å². The third-order valence-electron chi connectivity index (χ3n) is 13.1. The normalized spacial score (nSPS) is 26.1. The van der Waals surface area contributed by atoms with E-state index in [0.717, 1.165) is 74.6 Å². The smallest absolute Gasteiger partial charge is 0.190 e. The number of allylic oxidation sites excluding steroid dienone is 1. The molecule has 2 heterocycles. The van der Waals surface area contributed by atoms with Crippen LogP contribution in [0.4, 0.5) is 0 Å². The lowest BCUT2D eigenvalue weighted by molar-refractivity contribution is 0.101. The Balaban J connectivity index is 1.09. The number of aliphatic imine (C=N–C) groups is 1. The molecule has 0 saturated heterocycles. The Labute approximate surface area is 324 Å². The van der Waals surface area contributed by atoms with Crippen molar-refractivity contribution in [2.75, 3.05) is 39.9 Å². The number of phenolic OH excluding ortho intramolecular Hbond substituents is 1. The average Bonchev–Trinajstić information content (AvgIpc) is 3.98. The number of fused-ring (bicyclic) bond motifs is 3. The Morgan fingerprint density at radius 1 is 1.07 bits per heavy atom. The number of nitrogens with one attached hydrogen (secondary N) is 2. The van der Waals surface area contributed by atoms with Crippen molar-refractivity contribution >= 4 is 5.71 Å². The minimum Gasteiger partial charge on any atom is -0.592 e. The zero-order valence-corrected chi connectivity index (χ0v) is 32.9. The first kappa shape index (κ1) is 40.9. The van der Waals surface area contributed by atoms with E-state index in [0.29, 0.717) is 43.0 Å². The van der Waals surface area contributed by atoms with Crippen LogP contribution in [0, 0.1) is 35.1 Å². The molecular formula is C44H68N4O6. The zero-order chi connectivity index (χ0) is 38.1. The molecule has 10 heteroatoms. The number of aliphatic hydroxyl groups excluding tert-OH is 3. The second-order valence-electron chi connectivity index (χ2n) is 16.9. The molecule has 3 fully saturated rings. The maximum absolute atomic E-state index is 11.6. The van der Waals surface area contributed by atoms with E-state index in [1.165, 1.54) is 56.9 Å². The molecule has 2 aliphatic heterocycles. The largest absolute Gasteiger partial charge is 0.592 e. The van der Waals surface area contributed by atoms with E-state index in [1.54, 1.807) is 6.07 Å². The molecule has 5 aliphatic rings. The Hall–Kier alpha value is -2.73. The first-order valence-corrected chi connectivity index (χ1v) is 21.1. The number of benzene rings is 1. The highest BCUT2D eigenvalue weighted by molar-refractivity contribution is 6.04. The molecule has 3 saturated carbocycles. The number of phenols is 1. The van der Waals surface area contributed by atoms with Gasteiger partial charge >= 0.3 is 0 Å². The van der Waals surface area contributed by atoms with Crippen molar-refractivity contribution in [3.8, 4) is 11.5 Å². The van der Waals surface area contributed by atoms with Gasteiger partial charge in [-0.3, -0.25) is 0 Å². The third-order valence-corrected chi connectivity index (χ3v) is 13.1. The first-order chi connectivity index (χ1) is 26.2. The Bertz CT molecular complexity index is 1440. The van der Waals surface area contributed by atoms with Gasteiger partial charge in [-0.05, 0) is 100 Å². The van der Waals surface area contributed by atoms with Gasteiger partial charge in [-0.25, -0.2) is 0 Å². The van der Waals surface area contributed by atoms with Gasteiger partial charge in [-0.2, -0.15) is 12.0 Å². The quantitative estimate of drug-likeness (QED) is 0.0620. The number of aromatic hydroxyl groups is 1. The second-order valence-corrected chi connectivity index (χ2v) is 16.9. The fraction of sp³-hybridized carbons (Fsp3) is 0.705. The molecule has 7 atom stereocenters. The number of unbranched alkanes of at least 4 members (excludes halogenated alkanes) is 4. The molecule has 0 amide bonds. The lowest BCUT2D eigenvalue weighted by Gasteiger charge is -2.39. The lowest BCUT2D eigenvalue weighted by atomic mass is 9.65. The van der Waals surface area contributed by atoms with Gasteiger partial charge < -0.3 is 46.3 Å². The van der Waals surface area contributed by atoms with Gasteiger partial charge in [0.2, 0.25) is 0 Å². The molecule has 1 aromatic carbocycles. The summed E-state index contributed by atoms with van der Waals surface area (Å²) in [4.78, 5) is 5.19. The van der Waals surface area contributed by atoms with E-state index < -0.39 is 12.2 Å². The Morgan fingerprint density at radius 2 is 1.87 bits per heavy atom. The molecule has 3 aliphatic carbocycles. The minimum atomic E-state index is -0.949. The summed E-state index contributed by atoms with van der Waals surface area (Å²) in [7, 11) is 2.00. The molecule has 0 radical (unpaired) electrons. The highest BCUT2D eigenvalue weighted by atomic mass is 16.5. The number of hydrogen-bond acceptors (Lipinski definition) is 10. The number of ether oxygens (including phenoxy) is 2. The van der Waals surface area contributed by atoms with Crippen LogP contribution in [-0.4, -0.2) is 90.4 Å². The monoisotopic (exact) mass is 749 g/mol. The number of hydrogen-bond donors (Lipinski definition) is 7. The number of aryl methyl sites for hydroxylation is 1. The predicted molar refractivity (Wildman–Crippen MR) is 214 cm³/mol. The standard InChI is InChI=1S/C44H68N4O6/c1-29(50)25-47-38(26-46-2)43-33-11-10-12-35(33)44(18-7-8-19-44)24-37-34(43)23-36(48-37)40(52)28-53-42-21-30(15-17-39(42)51)14-16-32-22-31(27-49)41(54-32)13-6-4-3-5-9-20-45/h15,17,21-23,29,33,35,38,40-41,43,46-47,49-52H,3-14,16,18-20,24-28,45H2,1-2H3. The fourth-order valence-corrected chi connectivity index (χ4v) is 10.5. The van der Waals surface area contributed by atoms with Crippen molar-refractivity contribution in [3.63, 3.8) is 0 Å². The van der Waals surface area contributed by atoms with Gasteiger partial charge in [0.15, 0.2) is 29.4 Å². The number of nitrogens with zero attached hydrogens (tertiary/aromatic N) is 1. The SMILES string of the molecule is CNCC(NCC(C)O)C1C2=C[C+](C(O)COc3cc(CCC4=C[C-](CO)C(CCCCCCCN)O4)ccc3O)N=C2CC2(CCCC2)C2CCCC12. The van der Waals surface area contributed by atoms with Gasteiger partial charge in [0.05, 0.1) is 24.5 Å². The Kier molecular flexibility index (Phi) is 14.7. The van der Waals surface area contributed by atoms with Crippen LogP contribution in [0.15, 0.2) is 46.7 Å².